The average Bonchev–Trinajstić information content (AvgIpc) is 2.30. The van der Waals surface area contributed by atoms with Crippen LogP contribution in [0.4, 0.5) is 0 Å². The van der Waals surface area contributed by atoms with Crippen LogP contribution in [0.3, 0.4) is 0 Å². The third kappa shape index (κ3) is 2.61. The fraction of sp³-hybridized carbons (Fsp3) is 0.429. The molecule has 0 radical (unpaired) electrons. The number of nitrogens with one attached hydrogen (secondary N) is 3. The molecule has 2 aromatic rings. The van der Waals surface area contributed by atoms with Crippen molar-refractivity contribution in [2.24, 2.45) is 5.41 Å². The molecule has 1 atom stereocenters. The van der Waals surface area contributed by atoms with E-state index >= 15 is 0 Å². The molecule has 5 heteroatoms. The molecule has 5 nitrogen and oxygen atoms in total. The summed E-state index contributed by atoms with van der Waals surface area (Å²) >= 11 is 0. The van der Waals surface area contributed by atoms with Gasteiger partial charge in [0.1, 0.15) is 0 Å². The standard InChI is InChI=1S/C14H19N3O2/c1-14(2,3)11(15-4)8-5-6-9-10(7-8)17-13(19)12(18)16-9/h5-7,11,15H,1-4H3,(H,16,18)(H,17,19). The average molecular weight is 261 g/mol. The molecular formula is C14H19N3O2. The molecule has 0 aliphatic heterocycles. The molecule has 2 rings (SSSR count). The second-order valence-corrected chi connectivity index (χ2v) is 5.80. The fourth-order valence-electron chi connectivity index (χ4n) is 2.41. The Kier molecular flexibility index (Phi) is 3.32. The first-order valence-corrected chi connectivity index (χ1v) is 6.26. The Labute approximate surface area is 111 Å². The van der Waals surface area contributed by atoms with Crippen molar-refractivity contribution >= 4 is 11.0 Å². The van der Waals surface area contributed by atoms with Crippen LogP contribution in [0.25, 0.3) is 11.0 Å². The zero-order valence-electron chi connectivity index (χ0n) is 11.6. The van der Waals surface area contributed by atoms with Crippen LogP contribution in [0.1, 0.15) is 32.4 Å². The molecule has 3 N–H and O–H groups in total. The summed E-state index contributed by atoms with van der Waals surface area (Å²) in [4.78, 5) is 27.8. The van der Waals surface area contributed by atoms with E-state index in [1.807, 2.05) is 25.2 Å². The van der Waals surface area contributed by atoms with E-state index < -0.39 is 11.1 Å². The molecule has 0 spiro atoms. The van der Waals surface area contributed by atoms with Crippen molar-refractivity contribution < 1.29 is 0 Å². The monoisotopic (exact) mass is 261 g/mol. The van der Waals surface area contributed by atoms with Gasteiger partial charge in [0, 0.05) is 6.04 Å². The third-order valence-corrected chi connectivity index (χ3v) is 3.23. The normalized spacial score (nSPS) is 13.7. The Bertz CT molecular complexity index is 707. The van der Waals surface area contributed by atoms with Crippen molar-refractivity contribution in [2.45, 2.75) is 26.8 Å². The van der Waals surface area contributed by atoms with Crippen LogP contribution in [-0.4, -0.2) is 17.0 Å². The molecule has 0 bridgehead atoms. The summed E-state index contributed by atoms with van der Waals surface area (Å²) in [5.74, 6) is 0. The minimum absolute atomic E-state index is 0.0465. The highest BCUT2D eigenvalue weighted by molar-refractivity contribution is 5.74. The Hall–Kier alpha value is -1.88. The SMILES string of the molecule is CNC(c1ccc2[nH]c(=O)c(=O)[nH]c2c1)C(C)(C)C. The highest BCUT2D eigenvalue weighted by Crippen LogP contribution is 2.32. The van der Waals surface area contributed by atoms with Crippen LogP contribution in [0.2, 0.25) is 0 Å². The van der Waals surface area contributed by atoms with Gasteiger partial charge in [-0.1, -0.05) is 26.8 Å². The molecular weight excluding hydrogens is 242 g/mol. The number of aromatic nitrogens is 2. The zero-order chi connectivity index (χ0) is 14.2. The van der Waals surface area contributed by atoms with Crippen LogP contribution in [0.15, 0.2) is 27.8 Å². The largest absolute Gasteiger partial charge is 0.316 e. The van der Waals surface area contributed by atoms with E-state index in [4.69, 9.17) is 0 Å². The van der Waals surface area contributed by atoms with Crippen LogP contribution in [0.5, 0.6) is 0 Å². The number of hydrogen-bond acceptors (Lipinski definition) is 3. The molecule has 102 valence electrons. The highest BCUT2D eigenvalue weighted by atomic mass is 16.2. The van der Waals surface area contributed by atoms with Crippen LogP contribution in [-0.2, 0) is 0 Å². The quantitative estimate of drug-likeness (QED) is 0.717. The van der Waals surface area contributed by atoms with E-state index in [-0.39, 0.29) is 11.5 Å². The minimum Gasteiger partial charge on any atom is -0.316 e. The predicted octanol–water partition coefficient (Wildman–Crippen LogP) is 1.52. The molecule has 0 saturated heterocycles. The van der Waals surface area contributed by atoms with Gasteiger partial charge < -0.3 is 15.3 Å². The maximum absolute atomic E-state index is 11.4. The molecule has 19 heavy (non-hydrogen) atoms. The van der Waals surface area contributed by atoms with Crippen molar-refractivity contribution in [2.75, 3.05) is 7.05 Å². The van der Waals surface area contributed by atoms with E-state index in [0.29, 0.717) is 11.0 Å². The van der Waals surface area contributed by atoms with E-state index in [0.717, 1.165) is 5.56 Å². The van der Waals surface area contributed by atoms with Crippen molar-refractivity contribution in [1.82, 2.24) is 15.3 Å². The van der Waals surface area contributed by atoms with Gasteiger partial charge in [-0.15, -0.1) is 0 Å². The van der Waals surface area contributed by atoms with Crippen LogP contribution < -0.4 is 16.4 Å². The minimum atomic E-state index is -0.624. The number of rotatable bonds is 2. The molecule has 0 saturated carbocycles. The first-order valence-electron chi connectivity index (χ1n) is 6.26. The summed E-state index contributed by atoms with van der Waals surface area (Å²) in [5, 5.41) is 3.29. The number of benzene rings is 1. The van der Waals surface area contributed by atoms with Gasteiger partial charge >= 0.3 is 11.1 Å². The van der Waals surface area contributed by atoms with Gasteiger partial charge in [0.25, 0.3) is 0 Å². The van der Waals surface area contributed by atoms with E-state index in [2.05, 4.69) is 36.1 Å². The van der Waals surface area contributed by atoms with E-state index in [9.17, 15) is 9.59 Å². The van der Waals surface area contributed by atoms with Gasteiger partial charge in [0.05, 0.1) is 11.0 Å². The number of aromatic amines is 2. The predicted molar refractivity (Wildman–Crippen MR) is 76.4 cm³/mol. The molecule has 0 aliphatic rings. The van der Waals surface area contributed by atoms with Gasteiger partial charge in [0.2, 0.25) is 0 Å². The van der Waals surface area contributed by atoms with Gasteiger partial charge in [-0.2, -0.15) is 0 Å². The highest BCUT2D eigenvalue weighted by Gasteiger charge is 2.24. The van der Waals surface area contributed by atoms with Gasteiger partial charge in [-0.3, -0.25) is 9.59 Å². The Morgan fingerprint density at radius 2 is 1.63 bits per heavy atom. The third-order valence-electron chi connectivity index (χ3n) is 3.23. The molecule has 1 aromatic heterocycles. The smallest absolute Gasteiger partial charge is 0.314 e. The second kappa shape index (κ2) is 4.66. The second-order valence-electron chi connectivity index (χ2n) is 5.80. The Morgan fingerprint density at radius 1 is 1.05 bits per heavy atom. The van der Waals surface area contributed by atoms with Gasteiger partial charge in [-0.05, 0) is 30.2 Å². The molecule has 1 unspecified atom stereocenters. The molecule has 0 aliphatic carbocycles. The van der Waals surface area contributed by atoms with Gasteiger partial charge in [0.15, 0.2) is 0 Å². The van der Waals surface area contributed by atoms with E-state index in [1.54, 1.807) is 0 Å². The van der Waals surface area contributed by atoms with Crippen molar-refractivity contribution in [1.29, 1.82) is 0 Å². The van der Waals surface area contributed by atoms with Crippen molar-refractivity contribution in [3.05, 3.63) is 44.5 Å². The Morgan fingerprint density at radius 3 is 2.16 bits per heavy atom. The van der Waals surface area contributed by atoms with Crippen LogP contribution >= 0.6 is 0 Å². The maximum atomic E-state index is 11.4. The maximum Gasteiger partial charge on any atom is 0.314 e. The van der Waals surface area contributed by atoms with E-state index in [1.165, 1.54) is 0 Å². The Balaban J connectivity index is 2.61. The van der Waals surface area contributed by atoms with Crippen LogP contribution in [0, 0.1) is 5.41 Å². The summed E-state index contributed by atoms with van der Waals surface area (Å²) in [6, 6.07) is 5.84. The lowest BCUT2D eigenvalue weighted by molar-refractivity contribution is 0.287. The van der Waals surface area contributed by atoms with Gasteiger partial charge in [-0.25, -0.2) is 0 Å². The molecule has 0 amide bonds. The molecule has 1 aromatic carbocycles. The number of fused-ring (bicyclic) bond motifs is 1. The zero-order valence-corrected chi connectivity index (χ0v) is 11.6. The van der Waals surface area contributed by atoms with Crippen molar-refractivity contribution in [3.8, 4) is 0 Å². The summed E-state index contributed by atoms with van der Waals surface area (Å²) < 4.78 is 0. The summed E-state index contributed by atoms with van der Waals surface area (Å²) in [5.41, 5.74) is 1.15. The number of hydrogen-bond donors (Lipinski definition) is 3. The van der Waals surface area contributed by atoms with Crippen molar-refractivity contribution in [3.63, 3.8) is 0 Å². The fourth-order valence-corrected chi connectivity index (χ4v) is 2.41. The lowest BCUT2D eigenvalue weighted by Gasteiger charge is -2.31. The molecule has 1 heterocycles. The summed E-state index contributed by atoms with van der Waals surface area (Å²) in [6.07, 6.45) is 0. The first kappa shape index (κ1) is 13.5. The summed E-state index contributed by atoms with van der Waals surface area (Å²) in [6.45, 7) is 6.44. The first-order chi connectivity index (χ1) is 8.82. The lowest BCUT2D eigenvalue weighted by Crippen LogP contribution is -2.30. The number of H-pyrrole nitrogens is 2. The lowest BCUT2D eigenvalue weighted by atomic mass is 9.82. The topological polar surface area (TPSA) is 77.8 Å². The summed E-state index contributed by atoms with van der Waals surface area (Å²) in [7, 11) is 1.91. The molecule has 0 fully saturated rings.